The van der Waals surface area contributed by atoms with Crippen molar-refractivity contribution in [2.24, 2.45) is 5.73 Å². The third kappa shape index (κ3) is 4.40. The molecule has 2 heterocycles. The molecule has 8 nitrogen and oxygen atoms in total. The molecule has 3 N–H and O–H groups in total. The maximum absolute atomic E-state index is 12.5. The van der Waals surface area contributed by atoms with Gasteiger partial charge in [-0.25, -0.2) is 0 Å². The molecule has 0 saturated heterocycles. The fourth-order valence-electron chi connectivity index (χ4n) is 2.84. The Labute approximate surface area is 162 Å². The first-order valence-corrected chi connectivity index (χ1v) is 8.97. The van der Waals surface area contributed by atoms with E-state index in [4.69, 9.17) is 5.73 Å². The number of carbonyl (C=O) groups is 2. The summed E-state index contributed by atoms with van der Waals surface area (Å²) in [7, 11) is 0. The molecule has 0 aliphatic heterocycles. The summed E-state index contributed by atoms with van der Waals surface area (Å²) in [6.07, 6.45) is 5.33. The lowest BCUT2D eigenvalue weighted by Crippen LogP contribution is -2.26. The van der Waals surface area contributed by atoms with Crippen LogP contribution in [0.4, 0.5) is 0 Å². The zero-order valence-electron chi connectivity index (χ0n) is 15.8. The quantitative estimate of drug-likeness (QED) is 0.652. The molecule has 144 valence electrons. The van der Waals surface area contributed by atoms with Gasteiger partial charge in [-0.3, -0.25) is 14.6 Å². The van der Waals surface area contributed by atoms with Gasteiger partial charge in [0.1, 0.15) is 12.2 Å². The van der Waals surface area contributed by atoms with Crippen LogP contribution in [0.1, 0.15) is 46.4 Å². The van der Waals surface area contributed by atoms with Gasteiger partial charge in [-0.05, 0) is 37.6 Å². The number of aromatic nitrogens is 4. The Bertz CT molecular complexity index is 996. The van der Waals surface area contributed by atoms with Crippen molar-refractivity contribution in [3.63, 3.8) is 0 Å². The topological polar surface area (TPSA) is 116 Å². The Hall–Kier alpha value is -3.55. The van der Waals surface area contributed by atoms with E-state index < -0.39 is 5.91 Å². The van der Waals surface area contributed by atoms with Crippen LogP contribution in [0.15, 0.2) is 49.1 Å². The van der Waals surface area contributed by atoms with Crippen LogP contribution < -0.4 is 11.1 Å². The van der Waals surface area contributed by atoms with Gasteiger partial charge >= 0.3 is 0 Å². The van der Waals surface area contributed by atoms with E-state index in [1.165, 1.54) is 6.20 Å². The Morgan fingerprint density at radius 1 is 1.14 bits per heavy atom. The number of nitrogens with zero attached hydrogens (tertiary/aromatic N) is 4. The second-order valence-corrected chi connectivity index (χ2v) is 6.66. The summed E-state index contributed by atoms with van der Waals surface area (Å²) in [5, 5.41) is 10.9. The monoisotopic (exact) mass is 378 g/mol. The molecule has 0 fully saturated rings. The number of amides is 2. The van der Waals surface area contributed by atoms with E-state index in [0.717, 1.165) is 17.0 Å². The first-order valence-electron chi connectivity index (χ1n) is 8.97. The lowest BCUT2D eigenvalue weighted by molar-refractivity contribution is 0.0952. The van der Waals surface area contributed by atoms with Crippen molar-refractivity contribution in [1.82, 2.24) is 25.1 Å². The molecule has 28 heavy (non-hydrogen) atoms. The summed E-state index contributed by atoms with van der Waals surface area (Å²) in [6, 6.07) is 9.06. The zero-order chi connectivity index (χ0) is 20.1. The Morgan fingerprint density at radius 3 is 2.68 bits per heavy atom. The van der Waals surface area contributed by atoms with E-state index in [1.54, 1.807) is 36.8 Å². The van der Waals surface area contributed by atoms with Crippen LogP contribution in [0.25, 0.3) is 11.1 Å². The summed E-state index contributed by atoms with van der Waals surface area (Å²) >= 11 is 0. The molecule has 3 aromatic rings. The van der Waals surface area contributed by atoms with Crippen LogP contribution in [-0.2, 0) is 6.42 Å². The van der Waals surface area contributed by atoms with Gasteiger partial charge in [0.2, 0.25) is 5.91 Å². The second kappa shape index (κ2) is 8.43. The fraction of sp³-hybridized carbons (Fsp3) is 0.250. The van der Waals surface area contributed by atoms with E-state index >= 15 is 0 Å². The van der Waals surface area contributed by atoms with Crippen molar-refractivity contribution in [1.29, 1.82) is 0 Å². The minimum absolute atomic E-state index is 0.184. The molecule has 2 amide bonds. The summed E-state index contributed by atoms with van der Waals surface area (Å²) in [4.78, 5) is 27.9. The first kappa shape index (κ1) is 19.2. The average molecular weight is 378 g/mol. The number of benzene rings is 1. The van der Waals surface area contributed by atoms with Crippen molar-refractivity contribution in [2.75, 3.05) is 6.54 Å². The van der Waals surface area contributed by atoms with E-state index in [0.29, 0.717) is 24.1 Å². The number of nitrogens with two attached hydrogens (primary N) is 1. The van der Waals surface area contributed by atoms with E-state index in [1.807, 2.05) is 10.6 Å². The van der Waals surface area contributed by atoms with Gasteiger partial charge in [-0.2, -0.15) is 0 Å². The van der Waals surface area contributed by atoms with E-state index in [9.17, 15) is 9.59 Å². The van der Waals surface area contributed by atoms with E-state index in [-0.39, 0.29) is 11.9 Å². The van der Waals surface area contributed by atoms with Gasteiger partial charge in [0.05, 0.1) is 5.56 Å². The van der Waals surface area contributed by atoms with Crippen LogP contribution >= 0.6 is 0 Å². The highest BCUT2D eigenvalue weighted by Gasteiger charge is 2.11. The van der Waals surface area contributed by atoms with Crippen molar-refractivity contribution in [3.05, 3.63) is 66.0 Å². The number of rotatable bonds is 7. The predicted octanol–water partition coefficient (Wildman–Crippen LogP) is 1.99. The van der Waals surface area contributed by atoms with Crippen LogP contribution in [-0.4, -0.2) is 38.1 Å². The van der Waals surface area contributed by atoms with Crippen molar-refractivity contribution < 1.29 is 9.59 Å². The number of primary amides is 1. The minimum Gasteiger partial charge on any atom is -0.366 e. The van der Waals surface area contributed by atoms with Gasteiger partial charge in [-0.1, -0.05) is 12.1 Å². The molecule has 1 aromatic carbocycles. The summed E-state index contributed by atoms with van der Waals surface area (Å²) in [6.45, 7) is 4.56. The molecule has 3 rings (SSSR count). The largest absolute Gasteiger partial charge is 0.366 e. The average Bonchev–Trinajstić information content (AvgIpc) is 3.17. The third-order valence-corrected chi connectivity index (χ3v) is 4.32. The summed E-state index contributed by atoms with van der Waals surface area (Å²) in [5.41, 5.74) is 7.65. The van der Waals surface area contributed by atoms with Gasteiger partial charge in [0.25, 0.3) is 5.91 Å². The first-order chi connectivity index (χ1) is 13.5. The molecule has 0 unspecified atom stereocenters. The molecule has 0 aliphatic rings. The lowest BCUT2D eigenvalue weighted by Gasteiger charge is -2.11. The molecule has 0 bridgehead atoms. The zero-order valence-corrected chi connectivity index (χ0v) is 15.8. The molecule has 0 aliphatic carbocycles. The van der Waals surface area contributed by atoms with Gasteiger partial charge in [-0.15, -0.1) is 10.2 Å². The molecule has 8 heteroatoms. The number of nitrogens with one attached hydrogen (secondary N) is 1. The second-order valence-electron chi connectivity index (χ2n) is 6.66. The van der Waals surface area contributed by atoms with Crippen molar-refractivity contribution in [3.8, 4) is 11.1 Å². The van der Waals surface area contributed by atoms with Crippen LogP contribution in [0.3, 0.4) is 0 Å². The van der Waals surface area contributed by atoms with Crippen molar-refractivity contribution in [2.45, 2.75) is 26.3 Å². The van der Waals surface area contributed by atoms with Crippen LogP contribution in [0.5, 0.6) is 0 Å². The van der Waals surface area contributed by atoms with Gasteiger partial charge in [0.15, 0.2) is 0 Å². The Kier molecular flexibility index (Phi) is 5.78. The number of hydrogen-bond donors (Lipinski definition) is 2. The molecule has 0 atom stereocenters. The number of hydrogen-bond acceptors (Lipinski definition) is 5. The summed E-state index contributed by atoms with van der Waals surface area (Å²) < 4.78 is 1.98. The van der Waals surface area contributed by atoms with Crippen molar-refractivity contribution >= 4 is 11.8 Å². The molecular formula is C20H22N6O2. The molecule has 0 saturated carbocycles. The minimum atomic E-state index is -0.544. The molecular weight excluding hydrogens is 356 g/mol. The smallest absolute Gasteiger partial charge is 0.251 e. The van der Waals surface area contributed by atoms with Gasteiger partial charge < -0.3 is 15.6 Å². The normalized spacial score (nSPS) is 10.8. The van der Waals surface area contributed by atoms with E-state index in [2.05, 4.69) is 34.3 Å². The SMILES string of the molecule is CC(C)n1cnnc1CCNC(=O)c1cccc(-c2cncc(C(N)=O)c2)c1. The third-order valence-electron chi connectivity index (χ3n) is 4.32. The summed E-state index contributed by atoms with van der Waals surface area (Å²) in [5.74, 6) is 0.104. The fourth-order valence-corrected chi connectivity index (χ4v) is 2.84. The predicted molar refractivity (Wildman–Crippen MR) is 105 cm³/mol. The standard InChI is InChI=1S/C20H22N6O2/c1-13(2)26-12-24-25-18(26)6-7-23-20(28)15-5-3-4-14(8-15)16-9-17(19(21)27)11-22-10-16/h3-5,8-13H,6-7H2,1-2H3,(H2,21,27)(H,23,28). The Balaban J connectivity index is 1.68. The highest BCUT2D eigenvalue weighted by Crippen LogP contribution is 2.20. The molecule has 2 aromatic heterocycles. The van der Waals surface area contributed by atoms with Crippen LogP contribution in [0, 0.1) is 0 Å². The maximum Gasteiger partial charge on any atom is 0.251 e. The van der Waals surface area contributed by atoms with Gasteiger partial charge in [0, 0.05) is 42.5 Å². The lowest BCUT2D eigenvalue weighted by atomic mass is 10.0. The maximum atomic E-state index is 12.5. The number of carbonyl (C=O) groups excluding carboxylic acids is 2. The molecule has 0 radical (unpaired) electrons. The highest BCUT2D eigenvalue weighted by molar-refractivity contribution is 5.96. The molecule has 0 spiro atoms. The highest BCUT2D eigenvalue weighted by atomic mass is 16.2. The van der Waals surface area contributed by atoms with Crippen LogP contribution in [0.2, 0.25) is 0 Å². The Morgan fingerprint density at radius 2 is 1.93 bits per heavy atom. The number of pyridine rings is 1.